The third-order valence-electron chi connectivity index (χ3n) is 13.2. The van der Waals surface area contributed by atoms with E-state index in [-0.39, 0.29) is 80.6 Å². The minimum atomic E-state index is -0.870. The van der Waals surface area contributed by atoms with Crippen molar-refractivity contribution < 1.29 is 57.2 Å². The molecule has 0 saturated carbocycles. The van der Waals surface area contributed by atoms with E-state index in [2.05, 4.69) is 57.2 Å². The third-order valence-corrected chi connectivity index (χ3v) is 13.2. The van der Waals surface area contributed by atoms with Gasteiger partial charge in [0, 0.05) is 59.3 Å². The second-order valence-corrected chi connectivity index (χ2v) is 20.8. The summed E-state index contributed by atoms with van der Waals surface area (Å²) in [5.41, 5.74) is 0. The Morgan fingerprint density at radius 3 is 0.893 bits per heavy atom. The van der Waals surface area contributed by atoms with Crippen LogP contribution in [0.2, 0.25) is 0 Å². The van der Waals surface area contributed by atoms with Crippen molar-refractivity contribution in [2.24, 2.45) is 0 Å². The first-order valence-electron chi connectivity index (χ1n) is 30.4. The van der Waals surface area contributed by atoms with Crippen molar-refractivity contribution in [3.63, 3.8) is 0 Å². The Morgan fingerprint density at radius 2 is 0.587 bits per heavy atom. The first-order valence-corrected chi connectivity index (χ1v) is 30.4. The zero-order valence-corrected chi connectivity index (χ0v) is 48.7. The van der Waals surface area contributed by atoms with Crippen LogP contribution in [0.1, 0.15) is 292 Å². The van der Waals surface area contributed by atoms with Gasteiger partial charge in [-0.25, -0.2) is 0 Å². The Bertz CT molecular complexity index is 1430. The molecule has 0 unspecified atom stereocenters. The van der Waals surface area contributed by atoms with E-state index in [1.807, 2.05) is 0 Å². The number of hydrogen-bond acceptors (Lipinski definition) is 12. The lowest BCUT2D eigenvalue weighted by Gasteiger charge is -2.18. The van der Waals surface area contributed by atoms with Crippen LogP contribution in [0, 0.1) is 0 Å². The molecule has 434 valence electrons. The van der Waals surface area contributed by atoms with Gasteiger partial charge in [-0.1, -0.05) is 173 Å². The van der Waals surface area contributed by atoms with Crippen LogP contribution in [0.25, 0.3) is 0 Å². The molecular formula is C63H110O12. The predicted molar refractivity (Wildman–Crippen MR) is 303 cm³/mol. The minimum absolute atomic E-state index is 0.0489. The normalized spacial score (nSPS) is 13.2. The summed E-state index contributed by atoms with van der Waals surface area (Å²) in [6.07, 6.45) is 48.6. The van der Waals surface area contributed by atoms with E-state index in [4.69, 9.17) is 28.4 Å². The molecule has 0 aliphatic rings. The zero-order valence-electron chi connectivity index (χ0n) is 48.7. The molecular weight excluding hydrogens is 949 g/mol. The summed E-state index contributed by atoms with van der Waals surface area (Å²) in [5, 5.41) is 0. The lowest BCUT2D eigenvalue weighted by molar-refractivity contribution is -0.167. The third kappa shape index (κ3) is 51.9. The van der Waals surface area contributed by atoms with Crippen LogP contribution >= 0.6 is 0 Å². The molecule has 75 heavy (non-hydrogen) atoms. The summed E-state index contributed by atoms with van der Waals surface area (Å²) in [7, 11) is 0. The fraction of sp³-hybridized carbons (Fsp3) is 0.810. The van der Waals surface area contributed by atoms with Crippen LogP contribution in [0.3, 0.4) is 0 Å². The van der Waals surface area contributed by atoms with Gasteiger partial charge in [0.2, 0.25) is 0 Å². The van der Waals surface area contributed by atoms with E-state index >= 15 is 0 Å². The molecule has 0 aromatic rings. The van der Waals surface area contributed by atoms with Crippen LogP contribution < -0.4 is 0 Å². The van der Waals surface area contributed by atoms with Crippen LogP contribution in [0.15, 0.2) is 36.5 Å². The molecule has 0 rings (SSSR count). The lowest BCUT2D eigenvalue weighted by Crippen LogP contribution is -2.30. The topological polar surface area (TPSA) is 158 Å². The molecule has 0 aromatic carbocycles. The van der Waals surface area contributed by atoms with Gasteiger partial charge in [0.25, 0.3) is 0 Å². The highest BCUT2D eigenvalue weighted by Gasteiger charge is 2.20. The number of hydrogen-bond donors (Lipinski definition) is 0. The molecule has 0 radical (unpaired) electrons. The highest BCUT2D eigenvalue weighted by Crippen LogP contribution is 2.18. The van der Waals surface area contributed by atoms with E-state index in [0.717, 1.165) is 161 Å². The number of esters is 6. The smallest absolute Gasteiger partial charge is 0.306 e. The van der Waals surface area contributed by atoms with E-state index < -0.39 is 12.1 Å². The van der Waals surface area contributed by atoms with Crippen molar-refractivity contribution in [1.82, 2.24) is 0 Å². The molecule has 0 fully saturated rings. The summed E-state index contributed by atoms with van der Waals surface area (Å²) in [6.45, 7) is 10.7. The van der Waals surface area contributed by atoms with Gasteiger partial charge >= 0.3 is 35.8 Å². The summed E-state index contributed by atoms with van der Waals surface area (Å²) in [5.74, 6) is -1.78. The van der Waals surface area contributed by atoms with E-state index in [0.29, 0.717) is 19.3 Å². The minimum Gasteiger partial charge on any atom is -0.462 e. The van der Waals surface area contributed by atoms with Gasteiger partial charge in [-0.2, -0.15) is 0 Å². The lowest BCUT2D eigenvalue weighted by atomic mass is 10.1. The summed E-state index contributed by atoms with van der Waals surface area (Å²) in [6, 6.07) is 0. The maximum Gasteiger partial charge on any atom is 0.306 e. The van der Waals surface area contributed by atoms with Gasteiger partial charge in [-0.15, -0.1) is 0 Å². The summed E-state index contributed by atoms with van der Waals surface area (Å²) < 4.78 is 33.4. The Hall–Kier alpha value is -3.96. The highest BCUT2D eigenvalue weighted by molar-refractivity contribution is 5.71. The molecule has 0 saturated heterocycles. The van der Waals surface area contributed by atoms with Crippen molar-refractivity contribution in [1.29, 1.82) is 0 Å². The fourth-order valence-corrected chi connectivity index (χ4v) is 8.94. The molecule has 0 spiro atoms. The van der Waals surface area contributed by atoms with Crippen LogP contribution in [-0.2, 0) is 57.2 Å². The van der Waals surface area contributed by atoms with Crippen molar-refractivity contribution >= 4 is 35.8 Å². The zero-order chi connectivity index (χ0) is 55.3. The predicted octanol–water partition coefficient (Wildman–Crippen LogP) is 16.7. The summed E-state index contributed by atoms with van der Waals surface area (Å²) in [4.78, 5) is 73.0. The van der Waals surface area contributed by atoms with Gasteiger partial charge < -0.3 is 28.4 Å². The van der Waals surface area contributed by atoms with Gasteiger partial charge in [-0.05, 0) is 96.3 Å². The maximum atomic E-state index is 12.9. The standard InChI is InChI=1S/C63H110O12/c1-7-10-13-34-43-57(72-54(4)64)46-37-28-22-16-19-25-31-40-49-61(67)70-52-60(75-63(69)51-42-33-27-21-18-24-30-39-48-59(74-56(6)66)45-36-15-12-9-3)53-71-62(68)50-41-32-26-20-17-23-29-38-47-58(73-55(5)65)44-35-14-11-8-2/h28-30,37-39,57-60H,7-27,31-36,40-53H2,1-6H3/t57-,58-,59-,60?/m1/s1. The van der Waals surface area contributed by atoms with Gasteiger partial charge in [0.15, 0.2) is 6.10 Å². The maximum absolute atomic E-state index is 12.9. The quantitative estimate of drug-likeness (QED) is 0.0246. The Labute approximate surface area is 457 Å². The van der Waals surface area contributed by atoms with Gasteiger partial charge in [0.05, 0.1) is 0 Å². The Morgan fingerprint density at radius 1 is 0.307 bits per heavy atom. The number of carbonyl (C=O) groups excluding carboxylic acids is 6. The fourth-order valence-electron chi connectivity index (χ4n) is 8.94. The van der Waals surface area contributed by atoms with Crippen molar-refractivity contribution in [2.45, 2.75) is 316 Å². The number of unbranched alkanes of at least 4 members (excludes halogenated alkanes) is 24. The van der Waals surface area contributed by atoms with E-state index in [9.17, 15) is 28.8 Å². The molecule has 0 heterocycles. The molecule has 0 aromatic heterocycles. The van der Waals surface area contributed by atoms with Crippen LogP contribution in [-0.4, -0.2) is 73.4 Å². The highest BCUT2D eigenvalue weighted by atomic mass is 16.6. The van der Waals surface area contributed by atoms with Crippen molar-refractivity contribution in [3.8, 4) is 0 Å². The monoisotopic (exact) mass is 1060 g/mol. The second kappa shape index (κ2) is 53.4. The molecule has 0 bridgehead atoms. The van der Waals surface area contributed by atoms with E-state index in [1.165, 1.54) is 72.1 Å². The first-order chi connectivity index (χ1) is 36.4. The first kappa shape index (κ1) is 71.0. The molecule has 0 aliphatic carbocycles. The number of carbonyl (C=O) groups is 6. The number of ether oxygens (including phenoxy) is 6. The van der Waals surface area contributed by atoms with Gasteiger partial charge in [0.1, 0.15) is 31.5 Å². The summed E-state index contributed by atoms with van der Waals surface area (Å²) >= 11 is 0. The molecule has 3 atom stereocenters. The van der Waals surface area contributed by atoms with Gasteiger partial charge in [-0.3, -0.25) is 28.8 Å². The average molecular weight is 1060 g/mol. The average Bonchev–Trinajstić information content (AvgIpc) is 3.37. The Balaban J connectivity index is 4.79. The van der Waals surface area contributed by atoms with Crippen LogP contribution in [0.4, 0.5) is 0 Å². The Kier molecular flexibility index (Phi) is 50.6. The van der Waals surface area contributed by atoms with E-state index in [1.54, 1.807) is 0 Å². The molecule has 12 heteroatoms. The molecule has 12 nitrogen and oxygen atoms in total. The number of allylic oxidation sites excluding steroid dienone is 3. The van der Waals surface area contributed by atoms with Crippen molar-refractivity contribution in [2.75, 3.05) is 13.2 Å². The molecule has 0 amide bonds. The largest absolute Gasteiger partial charge is 0.462 e. The molecule has 0 aliphatic heterocycles. The van der Waals surface area contributed by atoms with Crippen LogP contribution in [0.5, 0.6) is 0 Å². The SMILES string of the molecule is CCCCCC[C@H](CC=CCCCCCCCC(=O)OCC(COC(=O)CCCCCCCC=CC[C@@H](CCCCCC)OC(C)=O)OC(=O)CCCCCCCC=CC[C@@H](CCCCCC)OC(C)=O)OC(C)=O. The molecule has 0 N–H and O–H groups in total. The second-order valence-electron chi connectivity index (χ2n) is 20.8. The van der Waals surface area contributed by atoms with Crippen molar-refractivity contribution in [3.05, 3.63) is 36.5 Å². The number of rotatable bonds is 53.